The molecule has 0 radical (unpaired) electrons. The summed E-state index contributed by atoms with van der Waals surface area (Å²) in [6, 6.07) is 12.1. The van der Waals surface area contributed by atoms with E-state index in [1.54, 1.807) is 29.6 Å². The Balaban J connectivity index is 1.56. The number of rotatable bonds is 4. The summed E-state index contributed by atoms with van der Waals surface area (Å²) in [5, 5.41) is 1.14. The van der Waals surface area contributed by atoms with Crippen molar-refractivity contribution in [3.63, 3.8) is 0 Å². The first-order valence-electron chi connectivity index (χ1n) is 8.78. The van der Waals surface area contributed by atoms with Gasteiger partial charge in [0.1, 0.15) is 0 Å². The number of aromatic amines is 2. The highest BCUT2D eigenvalue weighted by molar-refractivity contribution is 5.92. The van der Waals surface area contributed by atoms with E-state index in [0.717, 1.165) is 27.7 Å². The number of aromatic nitrogens is 4. The van der Waals surface area contributed by atoms with Crippen LogP contribution in [0.5, 0.6) is 0 Å². The summed E-state index contributed by atoms with van der Waals surface area (Å²) in [5.41, 5.74) is 3.93. The Labute approximate surface area is 156 Å². The number of para-hydroxylation sites is 1. The van der Waals surface area contributed by atoms with E-state index in [2.05, 4.69) is 32.1 Å². The SMILES string of the molecule is CN(C(=O)/C=C/c1cnc2nc[nH]c2c1)C(C)(C)c1cc2ccccc2[nH]1. The number of carbonyl (C=O) groups excluding carboxylic acids is 1. The van der Waals surface area contributed by atoms with Gasteiger partial charge >= 0.3 is 0 Å². The zero-order chi connectivity index (χ0) is 19.0. The van der Waals surface area contributed by atoms with E-state index in [0.29, 0.717) is 5.65 Å². The summed E-state index contributed by atoms with van der Waals surface area (Å²) < 4.78 is 0. The molecule has 0 unspecified atom stereocenters. The number of benzene rings is 1. The minimum Gasteiger partial charge on any atom is -0.356 e. The second-order valence-corrected chi connectivity index (χ2v) is 7.10. The summed E-state index contributed by atoms with van der Waals surface area (Å²) in [5.74, 6) is -0.0802. The van der Waals surface area contributed by atoms with Gasteiger partial charge in [-0.3, -0.25) is 4.79 Å². The second-order valence-electron chi connectivity index (χ2n) is 7.10. The highest BCUT2D eigenvalue weighted by Gasteiger charge is 2.30. The first-order valence-corrected chi connectivity index (χ1v) is 8.78. The Bertz CT molecular complexity index is 1120. The van der Waals surface area contributed by atoms with Crippen molar-refractivity contribution in [3.8, 4) is 0 Å². The van der Waals surface area contributed by atoms with E-state index >= 15 is 0 Å². The van der Waals surface area contributed by atoms with E-state index in [4.69, 9.17) is 0 Å². The summed E-state index contributed by atoms with van der Waals surface area (Å²) in [7, 11) is 1.81. The fraction of sp³-hybridized carbons (Fsp3) is 0.190. The van der Waals surface area contributed by atoms with Gasteiger partial charge < -0.3 is 14.9 Å². The molecule has 2 N–H and O–H groups in total. The number of imidazole rings is 1. The molecule has 27 heavy (non-hydrogen) atoms. The molecule has 1 aromatic carbocycles. The maximum atomic E-state index is 12.7. The Morgan fingerprint density at radius 3 is 2.78 bits per heavy atom. The van der Waals surface area contributed by atoms with Crippen LogP contribution in [-0.2, 0) is 10.3 Å². The number of H-pyrrole nitrogens is 2. The lowest BCUT2D eigenvalue weighted by Gasteiger charge is -2.34. The minimum atomic E-state index is -0.480. The zero-order valence-corrected chi connectivity index (χ0v) is 15.5. The Hall–Kier alpha value is -3.41. The molecule has 0 aliphatic carbocycles. The number of likely N-dealkylation sites (N-methyl/N-ethyl adjacent to an activating group) is 1. The first kappa shape index (κ1) is 17.0. The minimum absolute atomic E-state index is 0.0802. The van der Waals surface area contributed by atoms with Crippen LogP contribution in [0.4, 0.5) is 0 Å². The largest absolute Gasteiger partial charge is 0.356 e. The van der Waals surface area contributed by atoms with Gasteiger partial charge in [0.25, 0.3) is 0 Å². The van der Waals surface area contributed by atoms with Gasteiger partial charge in [-0.2, -0.15) is 0 Å². The predicted octanol–water partition coefficient (Wildman–Crippen LogP) is 3.85. The van der Waals surface area contributed by atoms with Gasteiger partial charge in [-0.05, 0) is 49.1 Å². The first-order chi connectivity index (χ1) is 12.9. The van der Waals surface area contributed by atoms with Gasteiger partial charge in [-0.15, -0.1) is 0 Å². The van der Waals surface area contributed by atoms with Crippen LogP contribution in [0.25, 0.3) is 28.1 Å². The van der Waals surface area contributed by atoms with Crippen molar-refractivity contribution in [3.05, 3.63) is 66.3 Å². The van der Waals surface area contributed by atoms with Crippen LogP contribution in [-0.4, -0.2) is 37.8 Å². The van der Waals surface area contributed by atoms with Crippen LogP contribution in [0.1, 0.15) is 25.1 Å². The van der Waals surface area contributed by atoms with Crippen molar-refractivity contribution >= 4 is 34.1 Å². The van der Waals surface area contributed by atoms with Crippen molar-refractivity contribution < 1.29 is 4.79 Å². The third kappa shape index (κ3) is 3.10. The lowest BCUT2D eigenvalue weighted by Crippen LogP contribution is -2.42. The monoisotopic (exact) mass is 359 g/mol. The fourth-order valence-electron chi connectivity index (χ4n) is 3.08. The molecule has 0 aliphatic heterocycles. The normalized spacial score (nSPS) is 12.3. The Kier molecular flexibility index (Phi) is 4.03. The van der Waals surface area contributed by atoms with Crippen LogP contribution in [0.3, 0.4) is 0 Å². The van der Waals surface area contributed by atoms with Crippen molar-refractivity contribution in [1.29, 1.82) is 0 Å². The van der Waals surface area contributed by atoms with Crippen molar-refractivity contribution in [2.24, 2.45) is 0 Å². The number of carbonyl (C=O) groups is 1. The summed E-state index contributed by atoms with van der Waals surface area (Å²) in [6.07, 6.45) is 6.65. The van der Waals surface area contributed by atoms with Crippen molar-refractivity contribution in [2.45, 2.75) is 19.4 Å². The number of amides is 1. The van der Waals surface area contributed by atoms with E-state index in [9.17, 15) is 4.79 Å². The van der Waals surface area contributed by atoms with E-state index in [-0.39, 0.29) is 5.91 Å². The Morgan fingerprint density at radius 2 is 1.96 bits per heavy atom. The van der Waals surface area contributed by atoms with Crippen LogP contribution in [0.15, 0.2) is 55.0 Å². The van der Waals surface area contributed by atoms with Gasteiger partial charge in [0.15, 0.2) is 5.65 Å². The molecule has 0 atom stereocenters. The summed E-state index contributed by atoms with van der Waals surface area (Å²) >= 11 is 0. The summed E-state index contributed by atoms with van der Waals surface area (Å²) in [6.45, 7) is 4.06. The molecule has 0 saturated heterocycles. The van der Waals surface area contributed by atoms with Crippen LogP contribution < -0.4 is 0 Å². The lowest BCUT2D eigenvalue weighted by molar-refractivity contribution is -0.129. The quantitative estimate of drug-likeness (QED) is 0.543. The molecule has 0 saturated carbocycles. The number of pyridine rings is 1. The molecule has 6 heteroatoms. The molecule has 3 aromatic heterocycles. The number of nitrogens with zero attached hydrogens (tertiary/aromatic N) is 3. The average molecular weight is 359 g/mol. The molecule has 1 amide bonds. The third-order valence-corrected chi connectivity index (χ3v) is 5.07. The average Bonchev–Trinajstić information content (AvgIpc) is 3.31. The highest BCUT2D eigenvalue weighted by Crippen LogP contribution is 2.29. The molecular weight excluding hydrogens is 338 g/mol. The van der Waals surface area contributed by atoms with Gasteiger partial charge in [-0.25, -0.2) is 9.97 Å². The zero-order valence-electron chi connectivity index (χ0n) is 15.5. The molecule has 3 heterocycles. The molecule has 0 spiro atoms. The number of fused-ring (bicyclic) bond motifs is 2. The van der Waals surface area contributed by atoms with Gasteiger partial charge in [-0.1, -0.05) is 18.2 Å². The molecule has 6 nitrogen and oxygen atoms in total. The lowest BCUT2D eigenvalue weighted by atomic mass is 9.98. The molecule has 0 bridgehead atoms. The summed E-state index contributed by atoms with van der Waals surface area (Å²) in [4.78, 5) is 29.3. The maximum absolute atomic E-state index is 12.7. The topological polar surface area (TPSA) is 77.7 Å². The van der Waals surface area contributed by atoms with Crippen LogP contribution in [0, 0.1) is 0 Å². The number of hydrogen-bond acceptors (Lipinski definition) is 3. The molecule has 4 rings (SSSR count). The number of nitrogens with one attached hydrogen (secondary N) is 2. The fourth-order valence-corrected chi connectivity index (χ4v) is 3.08. The third-order valence-electron chi connectivity index (χ3n) is 5.07. The molecule has 136 valence electrons. The molecule has 4 aromatic rings. The Morgan fingerprint density at radius 1 is 1.15 bits per heavy atom. The van der Waals surface area contributed by atoms with Gasteiger partial charge in [0, 0.05) is 30.5 Å². The van der Waals surface area contributed by atoms with Crippen LogP contribution in [0.2, 0.25) is 0 Å². The molecule has 0 fully saturated rings. The number of hydrogen-bond donors (Lipinski definition) is 2. The van der Waals surface area contributed by atoms with E-state index < -0.39 is 5.54 Å². The molecular formula is C21H21N5O. The van der Waals surface area contributed by atoms with Gasteiger partial charge in [0.2, 0.25) is 5.91 Å². The smallest absolute Gasteiger partial charge is 0.247 e. The molecule has 0 aliphatic rings. The van der Waals surface area contributed by atoms with Crippen LogP contribution >= 0.6 is 0 Å². The van der Waals surface area contributed by atoms with Gasteiger partial charge in [0.05, 0.1) is 17.4 Å². The van der Waals surface area contributed by atoms with Crippen molar-refractivity contribution in [2.75, 3.05) is 7.05 Å². The van der Waals surface area contributed by atoms with E-state index in [1.807, 2.05) is 45.2 Å². The standard InChI is InChI=1S/C21H21N5O/c1-21(2,18-11-15-6-4-5-7-16(15)25-18)26(3)19(27)9-8-14-10-17-20(22-12-14)24-13-23-17/h4-13,25H,1-3H3,(H,22,23,24)/b9-8+. The highest BCUT2D eigenvalue weighted by atomic mass is 16.2. The van der Waals surface area contributed by atoms with E-state index in [1.165, 1.54) is 0 Å². The second kappa shape index (κ2) is 6.39. The maximum Gasteiger partial charge on any atom is 0.247 e. The predicted molar refractivity (Wildman–Crippen MR) is 107 cm³/mol. The van der Waals surface area contributed by atoms with Crippen molar-refractivity contribution in [1.82, 2.24) is 24.8 Å².